The van der Waals surface area contributed by atoms with Crippen molar-refractivity contribution in [3.05, 3.63) is 78.4 Å². The molecule has 2 aromatic rings. The van der Waals surface area contributed by atoms with Crippen molar-refractivity contribution in [2.75, 3.05) is 0 Å². The van der Waals surface area contributed by atoms with Gasteiger partial charge in [0.2, 0.25) is 0 Å². The summed E-state index contributed by atoms with van der Waals surface area (Å²) >= 11 is 0. The third-order valence-electron chi connectivity index (χ3n) is 4.35. The van der Waals surface area contributed by atoms with E-state index in [2.05, 4.69) is 32.2 Å². The third kappa shape index (κ3) is 2.81. The van der Waals surface area contributed by atoms with Crippen LogP contribution in [0.4, 0.5) is 0 Å². The maximum atomic E-state index is 11.6. The van der Waals surface area contributed by atoms with E-state index in [0.717, 1.165) is 28.3 Å². The summed E-state index contributed by atoms with van der Waals surface area (Å²) in [4.78, 5) is 23.0. The highest BCUT2D eigenvalue weighted by Crippen LogP contribution is 2.46. The summed E-state index contributed by atoms with van der Waals surface area (Å²) in [6.07, 6.45) is 2.86. The predicted molar refractivity (Wildman–Crippen MR) is 94.1 cm³/mol. The van der Waals surface area contributed by atoms with Gasteiger partial charge < -0.3 is 4.74 Å². The van der Waals surface area contributed by atoms with Crippen LogP contribution in [0.3, 0.4) is 0 Å². The Bertz CT molecular complexity index is 790. The second-order valence-electron chi connectivity index (χ2n) is 5.86. The smallest absolute Gasteiger partial charge is 0.335 e. The van der Waals surface area contributed by atoms with Gasteiger partial charge in [0.1, 0.15) is 5.75 Å². The van der Waals surface area contributed by atoms with Crippen molar-refractivity contribution < 1.29 is 14.3 Å². The molecule has 0 heterocycles. The Labute approximate surface area is 141 Å². The predicted octanol–water partition coefficient (Wildman–Crippen LogP) is 4.21. The van der Waals surface area contributed by atoms with Gasteiger partial charge in [0.05, 0.1) is 0 Å². The van der Waals surface area contributed by atoms with Crippen molar-refractivity contribution in [1.82, 2.24) is 0 Å². The van der Waals surface area contributed by atoms with E-state index in [-0.39, 0.29) is 11.7 Å². The van der Waals surface area contributed by atoms with E-state index in [1.54, 1.807) is 6.07 Å². The van der Waals surface area contributed by atoms with Gasteiger partial charge in [-0.15, -0.1) is 0 Å². The molecule has 1 aliphatic rings. The second-order valence-corrected chi connectivity index (χ2v) is 5.86. The minimum atomic E-state index is -0.469. The zero-order valence-corrected chi connectivity index (χ0v) is 13.5. The molecule has 3 nitrogen and oxygen atoms in total. The van der Waals surface area contributed by atoms with Gasteiger partial charge in [0.15, 0.2) is 5.78 Å². The van der Waals surface area contributed by atoms with Gasteiger partial charge in [-0.1, -0.05) is 44.3 Å². The summed E-state index contributed by atoms with van der Waals surface area (Å²) in [5, 5.41) is 0. The van der Waals surface area contributed by atoms with Gasteiger partial charge >= 0.3 is 5.97 Å². The van der Waals surface area contributed by atoms with Crippen molar-refractivity contribution in [3.63, 3.8) is 0 Å². The monoisotopic (exact) mass is 318 g/mol. The van der Waals surface area contributed by atoms with E-state index in [1.807, 2.05) is 18.2 Å². The number of ether oxygens (including phenoxy) is 1. The lowest BCUT2D eigenvalue weighted by Gasteiger charge is -2.09. The Balaban J connectivity index is 1.96. The van der Waals surface area contributed by atoms with Gasteiger partial charge in [0.25, 0.3) is 0 Å². The minimum Gasteiger partial charge on any atom is -0.423 e. The molecule has 0 saturated heterocycles. The Morgan fingerprint density at radius 1 is 1.04 bits per heavy atom. The average Bonchev–Trinajstić information content (AvgIpc) is 2.87. The SMILES string of the molecule is C=CC(=O)Cc1ccc2c(c1)C(C)c1cc(OC(=O)C=C)ccc1-2. The number of esters is 1. The molecule has 0 aliphatic heterocycles. The van der Waals surface area contributed by atoms with Gasteiger partial charge in [-0.05, 0) is 46.0 Å². The first-order valence-electron chi connectivity index (χ1n) is 7.80. The highest BCUT2D eigenvalue weighted by Gasteiger charge is 2.26. The molecule has 0 bridgehead atoms. The molecule has 0 radical (unpaired) electrons. The summed E-state index contributed by atoms with van der Waals surface area (Å²) in [5.74, 6) is 0.233. The minimum absolute atomic E-state index is 0.0109. The first kappa shape index (κ1) is 15.9. The van der Waals surface area contributed by atoms with Crippen molar-refractivity contribution in [2.45, 2.75) is 19.3 Å². The largest absolute Gasteiger partial charge is 0.423 e. The number of hydrogen-bond donors (Lipinski definition) is 0. The van der Waals surface area contributed by atoms with Crippen LogP contribution in [-0.4, -0.2) is 11.8 Å². The first-order valence-corrected chi connectivity index (χ1v) is 7.80. The highest BCUT2D eigenvalue weighted by molar-refractivity contribution is 5.91. The third-order valence-corrected chi connectivity index (χ3v) is 4.35. The number of fused-ring (bicyclic) bond motifs is 3. The van der Waals surface area contributed by atoms with Crippen LogP contribution in [0.5, 0.6) is 5.75 Å². The maximum Gasteiger partial charge on any atom is 0.335 e. The van der Waals surface area contributed by atoms with Crippen LogP contribution in [0.15, 0.2) is 61.7 Å². The van der Waals surface area contributed by atoms with Crippen molar-refractivity contribution >= 4 is 11.8 Å². The van der Waals surface area contributed by atoms with Gasteiger partial charge in [-0.3, -0.25) is 4.79 Å². The first-order chi connectivity index (χ1) is 11.5. The molecule has 1 aliphatic carbocycles. The molecule has 1 unspecified atom stereocenters. The quantitative estimate of drug-likeness (QED) is 0.471. The van der Waals surface area contributed by atoms with E-state index in [9.17, 15) is 9.59 Å². The zero-order chi connectivity index (χ0) is 17.3. The van der Waals surface area contributed by atoms with Crippen LogP contribution in [0.25, 0.3) is 11.1 Å². The summed E-state index contributed by atoms with van der Waals surface area (Å²) in [5.41, 5.74) is 5.58. The highest BCUT2D eigenvalue weighted by atomic mass is 16.5. The molecule has 120 valence electrons. The molecule has 0 aromatic heterocycles. The van der Waals surface area contributed by atoms with E-state index in [4.69, 9.17) is 4.74 Å². The maximum absolute atomic E-state index is 11.6. The van der Waals surface area contributed by atoms with Crippen molar-refractivity contribution in [2.24, 2.45) is 0 Å². The molecule has 0 spiro atoms. The topological polar surface area (TPSA) is 43.4 Å². The number of hydrogen-bond acceptors (Lipinski definition) is 3. The molecule has 24 heavy (non-hydrogen) atoms. The lowest BCUT2D eigenvalue weighted by molar-refractivity contribution is -0.129. The molecular formula is C21H18O3. The summed E-state index contributed by atoms with van der Waals surface area (Å²) in [7, 11) is 0. The van der Waals surface area contributed by atoms with Gasteiger partial charge in [-0.2, -0.15) is 0 Å². The summed E-state index contributed by atoms with van der Waals surface area (Å²) < 4.78 is 5.21. The van der Waals surface area contributed by atoms with Crippen LogP contribution in [0.1, 0.15) is 29.5 Å². The van der Waals surface area contributed by atoms with Crippen LogP contribution in [0, 0.1) is 0 Å². The normalized spacial score (nSPS) is 14.5. The Kier molecular flexibility index (Phi) is 4.17. The molecule has 0 N–H and O–H groups in total. The summed E-state index contributed by atoms with van der Waals surface area (Å²) in [6.45, 7) is 9.04. The van der Waals surface area contributed by atoms with Gasteiger partial charge in [-0.25, -0.2) is 4.79 Å². The fourth-order valence-corrected chi connectivity index (χ4v) is 3.13. The van der Waals surface area contributed by atoms with Gasteiger partial charge in [0, 0.05) is 18.4 Å². The van der Waals surface area contributed by atoms with Crippen molar-refractivity contribution in [3.8, 4) is 16.9 Å². The number of allylic oxidation sites excluding steroid dienone is 1. The number of rotatable bonds is 5. The van der Waals surface area contributed by atoms with E-state index >= 15 is 0 Å². The second kappa shape index (κ2) is 6.28. The van der Waals surface area contributed by atoms with E-state index in [1.165, 1.54) is 11.6 Å². The molecule has 0 fully saturated rings. The van der Waals surface area contributed by atoms with Crippen LogP contribution in [0.2, 0.25) is 0 Å². The van der Waals surface area contributed by atoms with Crippen molar-refractivity contribution in [1.29, 1.82) is 0 Å². The molecule has 0 saturated carbocycles. The average molecular weight is 318 g/mol. The molecule has 3 heteroatoms. The fraction of sp³-hybridized carbons (Fsp3) is 0.143. The molecule has 0 amide bonds. The summed E-state index contributed by atoms with van der Waals surface area (Å²) in [6, 6.07) is 11.8. The van der Waals surface area contributed by atoms with Crippen LogP contribution < -0.4 is 4.74 Å². The Hall–Kier alpha value is -2.94. The van der Waals surface area contributed by atoms with E-state index < -0.39 is 5.97 Å². The number of ketones is 1. The number of carbonyl (C=O) groups excluding carboxylic acids is 2. The standard InChI is InChI=1S/C21H18O3/c1-4-15(22)10-14-6-8-17-18-9-7-16(24-21(23)5-2)12-20(18)13(3)19(17)11-14/h4-9,11-13H,1-2,10H2,3H3. The Morgan fingerprint density at radius 3 is 2.38 bits per heavy atom. The lowest BCUT2D eigenvalue weighted by Crippen LogP contribution is -2.03. The molecule has 3 rings (SSSR count). The number of carbonyl (C=O) groups is 2. The fourth-order valence-electron chi connectivity index (χ4n) is 3.13. The van der Waals surface area contributed by atoms with Crippen LogP contribution in [-0.2, 0) is 16.0 Å². The number of benzene rings is 2. The molecular weight excluding hydrogens is 300 g/mol. The lowest BCUT2D eigenvalue weighted by atomic mass is 9.96. The van der Waals surface area contributed by atoms with E-state index in [0.29, 0.717) is 12.2 Å². The molecule has 2 aromatic carbocycles. The zero-order valence-electron chi connectivity index (χ0n) is 13.5. The Morgan fingerprint density at radius 2 is 1.71 bits per heavy atom. The van der Waals surface area contributed by atoms with Crippen LogP contribution >= 0.6 is 0 Å². The molecule has 1 atom stereocenters.